The Morgan fingerprint density at radius 1 is 0.680 bits per heavy atom. The molecule has 0 unspecified atom stereocenters. The molecule has 0 bridgehead atoms. The Morgan fingerprint density at radius 3 is 1.56 bits per heavy atom. The van der Waals surface area contributed by atoms with Crippen LogP contribution in [0.1, 0.15) is 92.7 Å². The molecule has 138 valence electrons. The quantitative estimate of drug-likeness (QED) is 0.420. The molecule has 4 rings (SSSR count). The molecule has 0 aromatic carbocycles. The molecule has 0 amide bonds. The zero-order chi connectivity index (χ0) is 16.9. The van der Waals surface area contributed by atoms with Crippen LogP contribution in [0.25, 0.3) is 0 Å². The third-order valence-corrected chi connectivity index (χ3v) is 9.41. The van der Waals surface area contributed by atoms with Crippen LogP contribution in [-0.2, 0) is 19.2 Å². The van der Waals surface area contributed by atoms with Gasteiger partial charge < -0.3 is 2.85 Å². The second-order valence-electron chi connectivity index (χ2n) is 8.76. The molecule has 0 radical (unpaired) electrons. The molecule has 0 heterocycles. The van der Waals surface area contributed by atoms with Crippen molar-refractivity contribution in [3.05, 3.63) is 43.2 Å². The van der Waals surface area contributed by atoms with Crippen molar-refractivity contribution in [2.75, 3.05) is 0 Å². The van der Waals surface area contributed by atoms with E-state index >= 15 is 0 Å². The van der Waals surface area contributed by atoms with Gasteiger partial charge in [-0.1, -0.05) is 0 Å². The monoisotopic (exact) mass is 372 g/mol. The summed E-state index contributed by atoms with van der Waals surface area (Å²) in [5.41, 5.74) is 3.53. The van der Waals surface area contributed by atoms with E-state index in [0.29, 0.717) is 0 Å². The summed E-state index contributed by atoms with van der Waals surface area (Å²) in [7, 11) is 0. The molecule has 25 heavy (non-hydrogen) atoms. The SMILES string of the molecule is C1=CC(CC2CCCCC2)=[C]([Ti][C]2=C(CC3CCCCC3)C=CC2)C1.[H-].[H-]. The topological polar surface area (TPSA) is 0 Å². The van der Waals surface area contributed by atoms with E-state index in [-0.39, 0.29) is 22.0 Å². The van der Waals surface area contributed by atoms with Crippen LogP contribution in [0.2, 0.25) is 0 Å². The van der Waals surface area contributed by atoms with Crippen LogP contribution >= 0.6 is 0 Å². The molecule has 1 heteroatoms. The minimum atomic E-state index is -0.0438. The molecule has 2 saturated carbocycles. The normalized spacial score (nSPS) is 25.4. The summed E-state index contributed by atoms with van der Waals surface area (Å²) in [6.45, 7) is 0. The van der Waals surface area contributed by atoms with Gasteiger partial charge in [0.15, 0.2) is 0 Å². The Morgan fingerprint density at radius 2 is 1.12 bits per heavy atom. The van der Waals surface area contributed by atoms with Crippen LogP contribution in [0.3, 0.4) is 0 Å². The Kier molecular flexibility index (Phi) is 6.54. The van der Waals surface area contributed by atoms with E-state index in [4.69, 9.17) is 0 Å². The zero-order valence-corrected chi connectivity index (χ0v) is 17.4. The third-order valence-electron chi connectivity index (χ3n) is 6.83. The Labute approximate surface area is 166 Å². The molecule has 0 nitrogen and oxygen atoms in total. The van der Waals surface area contributed by atoms with Crippen molar-refractivity contribution in [1.29, 1.82) is 0 Å². The molecule has 0 aromatic heterocycles. The predicted octanol–water partition coefficient (Wildman–Crippen LogP) is 7.66. The van der Waals surface area contributed by atoms with E-state index in [2.05, 4.69) is 24.3 Å². The van der Waals surface area contributed by atoms with E-state index in [1.54, 1.807) is 11.1 Å². The number of hydrogen-bond donors (Lipinski definition) is 0. The molecule has 2 fully saturated rings. The van der Waals surface area contributed by atoms with Gasteiger partial charge in [0.2, 0.25) is 0 Å². The molecule has 4 aliphatic carbocycles. The van der Waals surface area contributed by atoms with Crippen LogP contribution in [0, 0.1) is 11.8 Å². The van der Waals surface area contributed by atoms with E-state index < -0.39 is 0 Å². The summed E-state index contributed by atoms with van der Waals surface area (Å²) in [5.74, 6) is 1.98. The maximum Gasteiger partial charge on any atom is -1.00 e. The van der Waals surface area contributed by atoms with Crippen LogP contribution in [0.15, 0.2) is 43.2 Å². The average Bonchev–Trinajstić information content (AvgIpc) is 3.27. The molecular formula is C24H36Ti-2. The Balaban J connectivity index is 0.00000131. The van der Waals surface area contributed by atoms with Gasteiger partial charge in [0.05, 0.1) is 0 Å². The minimum absolute atomic E-state index is 0. The van der Waals surface area contributed by atoms with Gasteiger partial charge in [-0.2, -0.15) is 0 Å². The second-order valence-corrected chi connectivity index (χ2v) is 11.0. The predicted molar refractivity (Wildman–Crippen MR) is 106 cm³/mol. The summed E-state index contributed by atoms with van der Waals surface area (Å²) >= 11 is -0.0438. The first-order valence-corrected chi connectivity index (χ1v) is 12.5. The van der Waals surface area contributed by atoms with Gasteiger partial charge in [0.25, 0.3) is 0 Å². The standard InChI is InChI=1S/2C12H17.Ti.2H/c2*1-2-6-11(7-3-1)10-12-8-4-5-9-12;;;/h2*4,8,11H,1-3,5-7,10H2;;;/q;;;2*-1. The van der Waals surface area contributed by atoms with Crippen molar-refractivity contribution in [3.8, 4) is 0 Å². The molecule has 0 atom stereocenters. The Bertz CT molecular complexity index is 536. The summed E-state index contributed by atoms with van der Waals surface area (Å²) in [6, 6.07) is 0. The zero-order valence-electron chi connectivity index (χ0n) is 17.9. The first-order valence-electron chi connectivity index (χ1n) is 10.9. The van der Waals surface area contributed by atoms with Crippen molar-refractivity contribution in [2.45, 2.75) is 89.9 Å². The molecule has 0 spiro atoms. The van der Waals surface area contributed by atoms with Crippen LogP contribution in [0.4, 0.5) is 0 Å². The van der Waals surface area contributed by atoms with Gasteiger partial charge in [-0.05, 0) is 0 Å². The number of allylic oxidation sites excluding steroid dienone is 8. The average molecular weight is 372 g/mol. The van der Waals surface area contributed by atoms with Crippen LogP contribution < -0.4 is 0 Å². The fraction of sp³-hybridized carbons (Fsp3) is 0.667. The van der Waals surface area contributed by atoms with E-state index in [0.717, 1.165) is 11.8 Å². The second kappa shape index (κ2) is 9.05. The smallest absolute Gasteiger partial charge is 1.00 e. The van der Waals surface area contributed by atoms with Crippen LogP contribution in [0.5, 0.6) is 0 Å². The van der Waals surface area contributed by atoms with E-state index in [1.165, 1.54) is 89.9 Å². The van der Waals surface area contributed by atoms with Crippen molar-refractivity contribution in [2.24, 2.45) is 11.8 Å². The largest absolute Gasteiger partial charge is 1.00 e. The fourth-order valence-electron chi connectivity index (χ4n) is 5.33. The summed E-state index contributed by atoms with van der Waals surface area (Å²) in [5, 5.41) is 0. The van der Waals surface area contributed by atoms with Gasteiger partial charge in [0, 0.05) is 0 Å². The van der Waals surface area contributed by atoms with Gasteiger partial charge in [-0.25, -0.2) is 0 Å². The number of hydrogen-bond acceptors (Lipinski definition) is 0. The maximum atomic E-state index is 2.50. The molecule has 0 saturated heterocycles. The molecule has 0 N–H and O–H groups in total. The van der Waals surface area contributed by atoms with Crippen molar-refractivity contribution < 1.29 is 22.0 Å². The molecule has 0 aromatic rings. The van der Waals surface area contributed by atoms with E-state index in [9.17, 15) is 0 Å². The van der Waals surface area contributed by atoms with Gasteiger partial charge in [-0.3, -0.25) is 0 Å². The third kappa shape index (κ3) is 4.89. The van der Waals surface area contributed by atoms with Gasteiger partial charge >= 0.3 is 164 Å². The van der Waals surface area contributed by atoms with Gasteiger partial charge in [0.1, 0.15) is 0 Å². The first kappa shape index (κ1) is 18.1. The van der Waals surface area contributed by atoms with Gasteiger partial charge in [-0.15, -0.1) is 0 Å². The molecular weight excluding hydrogens is 336 g/mol. The summed E-state index contributed by atoms with van der Waals surface area (Å²) < 4.78 is 3.76. The number of rotatable bonds is 6. The molecule has 0 aliphatic heterocycles. The van der Waals surface area contributed by atoms with Crippen molar-refractivity contribution >= 4 is 0 Å². The van der Waals surface area contributed by atoms with Crippen molar-refractivity contribution in [3.63, 3.8) is 0 Å². The maximum absolute atomic E-state index is 2.50. The van der Waals surface area contributed by atoms with Crippen molar-refractivity contribution in [1.82, 2.24) is 0 Å². The Hall–Kier alpha value is -0.326. The first-order chi connectivity index (χ1) is 12.4. The minimum Gasteiger partial charge on any atom is -1.00 e. The summed E-state index contributed by atoms with van der Waals surface area (Å²) in [6.07, 6.45) is 30.1. The fourth-order valence-corrected chi connectivity index (χ4v) is 7.67. The molecule has 4 aliphatic rings. The van der Waals surface area contributed by atoms with Crippen LogP contribution in [-0.4, -0.2) is 0 Å². The van der Waals surface area contributed by atoms with E-state index in [1.807, 2.05) is 7.76 Å². The summed E-state index contributed by atoms with van der Waals surface area (Å²) in [4.78, 5) is 0.